The van der Waals surface area contributed by atoms with Crippen LogP contribution in [-0.4, -0.2) is 19.7 Å². The number of nitrogens with one attached hydrogen (secondary N) is 1. The predicted octanol–water partition coefficient (Wildman–Crippen LogP) is 3.67. The minimum absolute atomic E-state index is 0.276. The molecule has 1 fully saturated rings. The van der Waals surface area contributed by atoms with Gasteiger partial charge in [-0.25, -0.2) is 0 Å². The largest absolute Gasteiger partial charge is 0.496 e. The first kappa shape index (κ1) is 15.3. The van der Waals surface area contributed by atoms with Gasteiger partial charge in [-0.2, -0.15) is 5.26 Å². The van der Waals surface area contributed by atoms with Crippen LogP contribution in [0.1, 0.15) is 31.2 Å². The van der Waals surface area contributed by atoms with E-state index in [1.54, 1.807) is 7.11 Å². The third kappa shape index (κ3) is 4.22. The molecule has 0 saturated heterocycles. The van der Waals surface area contributed by atoms with Gasteiger partial charge in [0, 0.05) is 16.4 Å². The summed E-state index contributed by atoms with van der Waals surface area (Å²) < 4.78 is 6.47. The number of methoxy groups -OCH3 is 1. The Morgan fingerprint density at radius 3 is 2.75 bits per heavy atom. The molecule has 3 nitrogen and oxygen atoms in total. The Morgan fingerprint density at radius 1 is 1.35 bits per heavy atom. The molecule has 108 valence electrons. The summed E-state index contributed by atoms with van der Waals surface area (Å²) in [5.74, 6) is 1.22. The molecule has 1 aromatic carbocycles. The highest BCUT2D eigenvalue weighted by Gasteiger charge is 2.20. The topological polar surface area (TPSA) is 45.0 Å². The predicted molar refractivity (Wildman–Crippen MR) is 83.8 cm³/mol. The van der Waals surface area contributed by atoms with Crippen molar-refractivity contribution in [2.75, 3.05) is 13.7 Å². The van der Waals surface area contributed by atoms with Crippen LogP contribution in [-0.2, 0) is 6.42 Å². The fraction of sp³-hybridized carbons (Fsp3) is 0.562. The lowest BCUT2D eigenvalue weighted by Gasteiger charge is -2.25. The Bertz CT molecular complexity index is 476. The number of halogens is 1. The Kier molecular flexibility index (Phi) is 5.87. The summed E-state index contributed by atoms with van der Waals surface area (Å²) in [7, 11) is 1.71. The number of nitrogens with zero attached hydrogens (tertiary/aromatic N) is 1. The van der Waals surface area contributed by atoms with E-state index in [4.69, 9.17) is 10.00 Å². The van der Waals surface area contributed by atoms with E-state index in [2.05, 4.69) is 33.4 Å². The molecule has 0 atom stereocenters. The molecule has 0 aromatic heterocycles. The molecule has 0 spiro atoms. The second kappa shape index (κ2) is 7.66. The van der Waals surface area contributed by atoms with E-state index in [-0.39, 0.29) is 5.92 Å². The lowest BCUT2D eigenvalue weighted by atomic mass is 9.87. The molecule has 1 aliphatic carbocycles. The first-order valence-electron chi connectivity index (χ1n) is 7.18. The minimum atomic E-state index is 0.276. The van der Waals surface area contributed by atoms with Gasteiger partial charge in [0.15, 0.2) is 0 Å². The second-order valence-corrected chi connectivity index (χ2v) is 6.25. The van der Waals surface area contributed by atoms with Crippen molar-refractivity contribution in [2.24, 2.45) is 5.92 Å². The van der Waals surface area contributed by atoms with Gasteiger partial charge in [-0.1, -0.05) is 15.9 Å². The van der Waals surface area contributed by atoms with Crippen molar-refractivity contribution in [3.8, 4) is 11.8 Å². The third-order valence-corrected chi connectivity index (χ3v) is 4.47. The average molecular weight is 337 g/mol. The molecule has 1 aliphatic rings. The van der Waals surface area contributed by atoms with Crippen LogP contribution in [0.3, 0.4) is 0 Å². The zero-order chi connectivity index (χ0) is 14.4. The summed E-state index contributed by atoms with van der Waals surface area (Å²) in [5.41, 5.74) is 1.22. The highest BCUT2D eigenvalue weighted by atomic mass is 79.9. The Labute approximate surface area is 129 Å². The van der Waals surface area contributed by atoms with E-state index in [0.717, 1.165) is 48.9 Å². The van der Waals surface area contributed by atoms with Gasteiger partial charge in [-0.3, -0.25) is 0 Å². The van der Waals surface area contributed by atoms with E-state index in [0.29, 0.717) is 6.04 Å². The zero-order valence-electron chi connectivity index (χ0n) is 11.9. The fourth-order valence-electron chi connectivity index (χ4n) is 2.78. The molecule has 1 N–H and O–H groups in total. The van der Waals surface area contributed by atoms with E-state index in [9.17, 15) is 0 Å². The molecular weight excluding hydrogens is 316 g/mol. The molecule has 0 heterocycles. The van der Waals surface area contributed by atoms with Crippen molar-refractivity contribution in [1.29, 1.82) is 5.26 Å². The lowest BCUT2D eigenvalue weighted by molar-refractivity contribution is 0.333. The van der Waals surface area contributed by atoms with Crippen LogP contribution in [0.5, 0.6) is 5.75 Å². The Hall–Kier alpha value is -1.05. The van der Waals surface area contributed by atoms with Crippen molar-refractivity contribution in [3.63, 3.8) is 0 Å². The molecule has 1 aromatic rings. The number of benzene rings is 1. The van der Waals surface area contributed by atoms with Crippen LogP contribution in [0.2, 0.25) is 0 Å². The summed E-state index contributed by atoms with van der Waals surface area (Å²) in [5, 5.41) is 12.5. The lowest BCUT2D eigenvalue weighted by Crippen LogP contribution is -2.34. The van der Waals surface area contributed by atoms with Crippen LogP contribution in [0.15, 0.2) is 22.7 Å². The summed E-state index contributed by atoms with van der Waals surface area (Å²) in [6.45, 7) is 0.953. The molecular formula is C16H21BrN2O. The zero-order valence-corrected chi connectivity index (χ0v) is 13.4. The molecule has 0 radical (unpaired) electrons. The van der Waals surface area contributed by atoms with Gasteiger partial charge < -0.3 is 10.1 Å². The van der Waals surface area contributed by atoms with Crippen molar-refractivity contribution in [3.05, 3.63) is 28.2 Å². The normalized spacial score (nSPS) is 22.2. The molecule has 1 saturated carbocycles. The SMILES string of the molecule is COc1ccc(Br)cc1CCNC1CCC(C#N)CC1. The van der Waals surface area contributed by atoms with E-state index in [1.807, 2.05) is 12.1 Å². The van der Waals surface area contributed by atoms with Gasteiger partial charge in [0.05, 0.1) is 13.2 Å². The van der Waals surface area contributed by atoms with Gasteiger partial charge >= 0.3 is 0 Å². The van der Waals surface area contributed by atoms with E-state index in [1.165, 1.54) is 5.56 Å². The molecule has 2 rings (SSSR count). The van der Waals surface area contributed by atoms with Crippen LogP contribution < -0.4 is 10.1 Å². The summed E-state index contributed by atoms with van der Waals surface area (Å²) in [6, 6.07) is 9.06. The number of rotatable bonds is 5. The smallest absolute Gasteiger partial charge is 0.122 e. The second-order valence-electron chi connectivity index (χ2n) is 5.34. The van der Waals surface area contributed by atoms with Gasteiger partial charge in [0.1, 0.15) is 5.75 Å². The molecule has 0 amide bonds. The van der Waals surface area contributed by atoms with Gasteiger partial charge in [-0.15, -0.1) is 0 Å². The average Bonchev–Trinajstić information content (AvgIpc) is 2.48. The standard InChI is InChI=1S/C16H21BrN2O/c1-20-16-7-4-14(17)10-13(16)8-9-19-15-5-2-12(11-18)3-6-15/h4,7,10,12,15,19H,2-3,5-6,8-9H2,1H3. The molecule has 0 aliphatic heterocycles. The molecule has 0 unspecified atom stereocenters. The van der Waals surface area contributed by atoms with Gasteiger partial charge in [0.2, 0.25) is 0 Å². The van der Waals surface area contributed by atoms with Crippen LogP contribution in [0.4, 0.5) is 0 Å². The maximum Gasteiger partial charge on any atom is 0.122 e. The van der Waals surface area contributed by atoms with Crippen LogP contribution >= 0.6 is 15.9 Å². The summed E-state index contributed by atoms with van der Waals surface area (Å²) >= 11 is 3.50. The minimum Gasteiger partial charge on any atom is -0.496 e. The highest BCUT2D eigenvalue weighted by Crippen LogP contribution is 2.25. The first-order valence-corrected chi connectivity index (χ1v) is 7.97. The number of nitriles is 1. The Morgan fingerprint density at radius 2 is 2.10 bits per heavy atom. The van der Waals surface area contributed by atoms with Gasteiger partial charge in [-0.05, 0) is 62.4 Å². The molecule has 20 heavy (non-hydrogen) atoms. The number of hydrogen-bond donors (Lipinski definition) is 1. The van der Waals surface area contributed by atoms with Crippen LogP contribution in [0.25, 0.3) is 0 Å². The molecule has 0 bridgehead atoms. The highest BCUT2D eigenvalue weighted by molar-refractivity contribution is 9.10. The van der Waals surface area contributed by atoms with Crippen molar-refractivity contribution < 1.29 is 4.74 Å². The maximum absolute atomic E-state index is 8.90. The van der Waals surface area contributed by atoms with Crippen molar-refractivity contribution >= 4 is 15.9 Å². The quantitative estimate of drug-likeness (QED) is 0.892. The third-order valence-electron chi connectivity index (χ3n) is 3.98. The molecule has 4 heteroatoms. The van der Waals surface area contributed by atoms with Crippen molar-refractivity contribution in [2.45, 2.75) is 38.1 Å². The maximum atomic E-state index is 8.90. The summed E-state index contributed by atoms with van der Waals surface area (Å²) in [6.07, 6.45) is 5.27. The van der Waals surface area contributed by atoms with Crippen molar-refractivity contribution in [1.82, 2.24) is 5.32 Å². The Balaban J connectivity index is 1.79. The monoisotopic (exact) mass is 336 g/mol. The fourth-order valence-corrected chi connectivity index (χ4v) is 3.19. The van der Waals surface area contributed by atoms with Crippen LogP contribution in [0, 0.1) is 17.2 Å². The van der Waals surface area contributed by atoms with E-state index < -0.39 is 0 Å². The van der Waals surface area contributed by atoms with Gasteiger partial charge in [0.25, 0.3) is 0 Å². The number of ether oxygens (including phenoxy) is 1. The van der Waals surface area contributed by atoms with E-state index >= 15 is 0 Å². The summed E-state index contributed by atoms with van der Waals surface area (Å²) in [4.78, 5) is 0. The number of hydrogen-bond acceptors (Lipinski definition) is 3. The first-order chi connectivity index (χ1) is 9.72.